The summed E-state index contributed by atoms with van der Waals surface area (Å²) in [5, 5.41) is 5.49. The molecular weight excluding hydrogens is 396 g/mol. The van der Waals surface area contributed by atoms with E-state index in [1.807, 2.05) is 38.1 Å². The fraction of sp³-hybridized carbons (Fsp3) is 0.150. The summed E-state index contributed by atoms with van der Waals surface area (Å²) in [6, 6.07) is 7.37. The highest BCUT2D eigenvalue weighted by Gasteiger charge is 2.18. The molecule has 3 heterocycles. The molecule has 1 amide bonds. The molecule has 0 aliphatic carbocycles. The van der Waals surface area contributed by atoms with Gasteiger partial charge in [0.2, 0.25) is 0 Å². The van der Waals surface area contributed by atoms with Gasteiger partial charge >= 0.3 is 0 Å². The Labute approximate surface area is 170 Å². The summed E-state index contributed by atoms with van der Waals surface area (Å²) in [5.74, 6) is 0.399. The second-order valence-corrected chi connectivity index (χ2v) is 7.93. The van der Waals surface area contributed by atoms with E-state index in [0.717, 1.165) is 38.4 Å². The lowest BCUT2D eigenvalue weighted by Crippen LogP contribution is -2.18. The summed E-state index contributed by atoms with van der Waals surface area (Å²) in [4.78, 5) is 18.1. The fourth-order valence-electron chi connectivity index (χ4n) is 3.10. The van der Waals surface area contributed by atoms with Crippen molar-refractivity contribution in [1.82, 2.24) is 10.4 Å². The van der Waals surface area contributed by atoms with Crippen LogP contribution in [0.3, 0.4) is 0 Å². The zero-order valence-electron chi connectivity index (χ0n) is 15.2. The van der Waals surface area contributed by atoms with Crippen LogP contribution < -0.4 is 15.9 Å². The van der Waals surface area contributed by atoms with Crippen LogP contribution >= 0.6 is 22.9 Å². The number of aryl methyl sites for hydroxylation is 2. The molecule has 1 aliphatic heterocycles. The van der Waals surface area contributed by atoms with Crippen LogP contribution in [0.1, 0.15) is 26.5 Å². The average Bonchev–Trinajstić information content (AvgIpc) is 2.98. The number of benzene rings is 1. The Hall–Kier alpha value is -2.90. The number of nitrogens with two attached hydrogens (primary N) is 1. The van der Waals surface area contributed by atoms with Crippen LogP contribution in [0.4, 0.5) is 5.69 Å². The molecule has 0 fully saturated rings. The number of anilines is 1. The number of carbonyl (C=O) groups is 1. The molecule has 2 aromatic heterocycles. The summed E-state index contributed by atoms with van der Waals surface area (Å²) in [6.45, 7) is 4.23. The Balaban J connectivity index is 1.53. The number of rotatable bonds is 3. The molecule has 0 atom stereocenters. The van der Waals surface area contributed by atoms with Crippen molar-refractivity contribution in [2.75, 3.05) is 12.3 Å². The van der Waals surface area contributed by atoms with Gasteiger partial charge in [-0.2, -0.15) is 5.10 Å². The van der Waals surface area contributed by atoms with E-state index >= 15 is 0 Å². The zero-order valence-corrected chi connectivity index (χ0v) is 16.8. The number of carbonyl (C=O) groups excluding carboxylic acids is 1. The molecule has 8 heteroatoms. The molecule has 1 aliphatic rings. The Morgan fingerprint density at radius 1 is 1.39 bits per heavy atom. The molecule has 0 saturated carbocycles. The number of nitrogens with zero attached hydrogens (tertiary/aromatic N) is 2. The summed E-state index contributed by atoms with van der Waals surface area (Å²) >= 11 is 7.28. The minimum atomic E-state index is -0.366. The number of hydrazone groups is 1. The third kappa shape index (κ3) is 3.46. The molecular formula is C20H17ClN4O2S. The number of hydrogen-bond acceptors (Lipinski definition) is 6. The van der Waals surface area contributed by atoms with Crippen molar-refractivity contribution in [1.29, 1.82) is 0 Å². The monoisotopic (exact) mass is 412 g/mol. The lowest BCUT2D eigenvalue weighted by Gasteiger charge is -2.15. The largest absolute Gasteiger partial charge is 0.488 e. The number of thiophene rings is 1. The van der Waals surface area contributed by atoms with Gasteiger partial charge < -0.3 is 10.5 Å². The highest BCUT2D eigenvalue weighted by Crippen LogP contribution is 2.35. The van der Waals surface area contributed by atoms with Crippen LogP contribution in [-0.4, -0.2) is 23.7 Å². The van der Waals surface area contributed by atoms with Gasteiger partial charge in [-0.05, 0) is 49.8 Å². The molecule has 0 bridgehead atoms. The second kappa shape index (κ2) is 7.26. The van der Waals surface area contributed by atoms with Crippen LogP contribution in [0.25, 0.3) is 16.3 Å². The average molecular weight is 413 g/mol. The predicted molar refractivity (Wildman–Crippen MR) is 114 cm³/mol. The Morgan fingerprint density at radius 3 is 3.04 bits per heavy atom. The van der Waals surface area contributed by atoms with Crippen LogP contribution in [-0.2, 0) is 0 Å². The van der Waals surface area contributed by atoms with E-state index in [2.05, 4.69) is 15.5 Å². The molecule has 3 aromatic rings. The van der Waals surface area contributed by atoms with E-state index in [9.17, 15) is 4.79 Å². The topological polar surface area (TPSA) is 89.6 Å². The van der Waals surface area contributed by atoms with E-state index in [1.165, 1.54) is 11.3 Å². The molecule has 142 valence electrons. The SMILES string of the molecule is Cc1cc(C)c2c(N)c(C(=O)NN=CC3=Cc4cc(Cl)ccc4OC3)sc2n1. The molecule has 1 aromatic carbocycles. The van der Waals surface area contributed by atoms with E-state index in [-0.39, 0.29) is 5.91 Å². The summed E-state index contributed by atoms with van der Waals surface area (Å²) in [6.07, 6.45) is 3.48. The van der Waals surface area contributed by atoms with Crippen LogP contribution in [0.15, 0.2) is 34.9 Å². The lowest BCUT2D eigenvalue weighted by molar-refractivity contribution is 0.0960. The maximum atomic E-state index is 12.5. The first-order valence-electron chi connectivity index (χ1n) is 8.55. The number of amides is 1. The summed E-state index contributed by atoms with van der Waals surface area (Å²) in [5.41, 5.74) is 12.7. The molecule has 4 rings (SSSR count). The van der Waals surface area contributed by atoms with Crippen molar-refractivity contribution in [3.05, 3.63) is 56.6 Å². The Bertz CT molecular complexity index is 1170. The summed E-state index contributed by atoms with van der Waals surface area (Å²) in [7, 11) is 0. The first-order chi connectivity index (χ1) is 13.4. The van der Waals surface area contributed by atoms with Crippen molar-refractivity contribution in [3.8, 4) is 5.75 Å². The number of pyridine rings is 1. The number of aromatic nitrogens is 1. The first-order valence-corrected chi connectivity index (χ1v) is 9.74. The molecule has 0 radical (unpaired) electrons. The van der Waals surface area contributed by atoms with Gasteiger partial charge in [-0.1, -0.05) is 11.6 Å². The van der Waals surface area contributed by atoms with Gasteiger partial charge in [0.25, 0.3) is 5.91 Å². The third-order valence-corrected chi connectivity index (χ3v) is 5.67. The number of halogens is 1. The van der Waals surface area contributed by atoms with Gasteiger partial charge in [-0.3, -0.25) is 4.79 Å². The molecule has 0 saturated heterocycles. The van der Waals surface area contributed by atoms with Crippen molar-refractivity contribution >= 4 is 57.0 Å². The van der Waals surface area contributed by atoms with E-state index < -0.39 is 0 Å². The van der Waals surface area contributed by atoms with Gasteiger partial charge in [0.15, 0.2) is 0 Å². The molecule has 0 spiro atoms. The van der Waals surface area contributed by atoms with Gasteiger partial charge in [0.05, 0.1) is 11.9 Å². The van der Waals surface area contributed by atoms with Crippen LogP contribution in [0.2, 0.25) is 5.02 Å². The van der Waals surface area contributed by atoms with E-state index in [4.69, 9.17) is 22.1 Å². The highest BCUT2D eigenvalue weighted by atomic mass is 35.5. The van der Waals surface area contributed by atoms with Crippen molar-refractivity contribution in [3.63, 3.8) is 0 Å². The smallest absolute Gasteiger partial charge is 0.283 e. The lowest BCUT2D eigenvalue weighted by atomic mass is 10.1. The third-order valence-electron chi connectivity index (χ3n) is 4.33. The predicted octanol–water partition coefficient (Wildman–Crippen LogP) is 4.34. The minimum absolute atomic E-state index is 0.363. The van der Waals surface area contributed by atoms with Gasteiger partial charge in [0, 0.05) is 27.2 Å². The second-order valence-electron chi connectivity index (χ2n) is 6.49. The molecule has 0 unspecified atom stereocenters. The Kier molecular flexibility index (Phi) is 4.78. The maximum absolute atomic E-state index is 12.5. The Morgan fingerprint density at radius 2 is 2.21 bits per heavy atom. The van der Waals surface area contributed by atoms with E-state index in [1.54, 1.807) is 12.3 Å². The van der Waals surface area contributed by atoms with Crippen molar-refractivity contribution in [2.45, 2.75) is 13.8 Å². The molecule has 28 heavy (non-hydrogen) atoms. The summed E-state index contributed by atoms with van der Waals surface area (Å²) < 4.78 is 5.66. The number of fused-ring (bicyclic) bond motifs is 2. The normalized spacial score (nSPS) is 13.3. The molecule has 6 nitrogen and oxygen atoms in total. The van der Waals surface area contributed by atoms with Gasteiger partial charge in [0.1, 0.15) is 22.1 Å². The number of hydrogen-bond donors (Lipinski definition) is 2. The minimum Gasteiger partial charge on any atom is -0.488 e. The van der Waals surface area contributed by atoms with Gasteiger partial charge in [-0.15, -0.1) is 11.3 Å². The first kappa shape index (κ1) is 18.5. The van der Waals surface area contributed by atoms with E-state index in [0.29, 0.717) is 22.2 Å². The standard InChI is InChI=1S/C20H17ClN4O2S/c1-10-5-11(2)24-20-16(10)17(22)18(28-20)19(26)25-23-8-12-6-13-7-14(21)3-4-15(13)27-9-12/h3-8H,9,22H2,1-2H3,(H,25,26). The van der Waals surface area contributed by atoms with Crippen LogP contribution in [0.5, 0.6) is 5.75 Å². The number of ether oxygens (including phenoxy) is 1. The zero-order chi connectivity index (χ0) is 19.8. The van der Waals surface area contributed by atoms with Crippen molar-refractivity contribution < 1.29 is 9.53 Å². The number of nitrogen functional groups attached to an aromatic ring is 1. The maximum Gasteiger partial charge on any atom is 0.283 e. The highest BCUT2D eigenvalue weighted by molar-refractivity contribution is 7.21. The molecule has 3 N–H and O–H groups in total. The fourth-order valence-corrected chi connectivity index (χ4v) is 4.39. The van der Waals surface area contributed by atoms with Crippen molar-refractivity contribution in [2.24, 2.45) is 5.10 Å². The quantitative estimate of drug-likeness (QED) is 0.494. The van der Waals surface area contributed by atoms with Gasteiger partial charge in [-0.25, -0.2) is 10.4 Å². The number of nitrogens with one attached hydrogen (secondary N) is 1. The van der Waals surface area contributed by atoms with Crippen LogP contribution in [0, 0.1) is 13.8 Å².